The zero-order chi connectivity index (χ0) is 39.1. The molecule has 4 N–H and O–H groups in total. The van der Waals surface area contributed by atoms with Crippen molar-refractivity contribution in [1.29, 1.82) is 0 Å². The van der Waals surface area contributed by atoms with Gasteiger partial charge in [0, 0.05) is 66.2 Å². The van der Waals surface area contributed by atoms with E-state index in [1.165, 1.54) is 0 Å². The average molecular weight is 726 g/mol. The third-order valence-corrected chi connectivity index (χ3v) is 12.8. The molecule has 0 bridgehead atoms. The molecule has 298 valence electrons. The van der Waals surface area contributed by atoms with E-state index in [0.29, 0.717) is 18.7 Å². The topological polar surface area (TPSA) is 140 Å². The van der Waals surface area contributed by atoms with Gasteiger partial charge >= 0.3 is 0 Å². The van der Waals surface area contributed by atoms with E-state index in [1.54, 1.807) is 0 Å². The van der Waals surface area contributed by atoms with Gasteiger partial charge in [0.2, 0.25) is 11.9 Å². The Hall–Kier alpha value is -2.17. The molecule has 3 rings (SSSR count). The Balaban J connectivity index is 2.11. The third-order valence-electron chi connectivity index (χ3n) is 12.8. The Morgan fingerprint density at radius 2 is 1.12 bits per heavy atom. The number of nitrogens with two attached hydrogens (primary N) is 2. The summed E-state index contributed by atoms with van der Waals surface area (Å²) in [5.74, 6) is 2.20. The third kappa shape index (κ3) is 11.2. The summed E-state index contributed by atoms with van der Waals surface area (Å²) in [5.41, 5.74) is 24.0. The van der Waals surface area contributed by atoms with Gasteiger partial charge in [0.1, 0.15) is 0 Å². The van der Waals surface area contributed by atoms with E-state index in [1.807, 2.05) is 0 Å². The summed E-state index contributed by atoms with van der Waals surface area (Å²) in [6.07, 6.45) is 13.1. The summed E-state index contributed by atoms with van der Waals surface area (Å²) in [5, 5.41) is 0. The number of likely N-dealkylation sites (tertiary alicyclic amines) is 2. The highest BCUT2D eigenvalue weighted by atomic mass is 15.4. The monoisotopic (exact) mass is 726 g/mol. The first-order valence-electron chi connectivity index (χ1n) is 20.7. The van der Waals surface area contributed by atoms with E-state index in [4.69, 9.17) is 26.4 Å². The highest BCUT2D eigenvalue weighted by molar-refractivity contribution is 5.78. The van der Waals surface area contributed by atoms with Gasteiger partial charge in [-0.15, -0.1) is 0 Å². The quantitative estimate of drug-likeness (QED) is 0.0833. The number of rotatable bonds is 19. The van der Waals surface area contributed by atoms with Crippen molar-refractivity contribution in [1.82, 2.24) is 24.8 Å². The summed E-state index contributed by atoms with van der Waals surface area (Å²) in [6, 6.07) is 0.160. The Labute approximate surface area is 318 Å². The molecule has 11 heteroatoms. The van der Waals surface area contributed by atoms with E-state index < -0.39 is 0 Å². The maximum Gasteiger partial charge on any atom is 0.268 e. The number of hydrogen-bond donors (Lipinski definition) is 2. The average Bonchev–Trinajstić information content (AvgIpc) is 3.06. The standard InChI is InChI=1S/C41H79N11/c1-14-17-24-51(32-26-38(4,5)49(12)39(6,7)27-32)36-45-35(34(43)23-21-30(42)20-22-31(48-44)19-16-3)46-37(47-36)52(25-18-15-2)33-28-40(8,9)50(13)41(10,11)29-33/h30,32-34H,14-29,42-43H2,1-13H3. The molecule has 2 aliphatic heterocycles. The second-order valence-electron chi connectivity index (χ2n) is 18.8. The summed E-state index contributed by atoms with van der Waals surface area (Å²) in [7, 11) is 4.54. The van der Waals surface area contributed by atoms with Crippen molar-refractivity contribution in [3.63, 3.8) is 0 Å². The molecule has 0 saturated carbocycles. The van der Waals surface area contributed by atoms with E-state index in [9.17, 15) is 5.53 Å². The Morgan fingerprint density at radius 1 is 0.692 bits per heavy atom. The fraction of sp³-hybridized carbons (Fsp3) is 0.902. The fourth-order valence-electron chi connectivity index (χ4n) is 8.95. The second-order valence-corrected chi connectivity index (χ2v) is 18.8. The predicted octanol–water partition coefficient (Wildman–Crippen LogP) is 7.75. The van der Waals surface area contributed by atoms with Gasteiger partial charge < -0.3 is 26.8 Å². The van der Waals surface area contributed by atoms with Crippen molar-refractivity contribution in [2.75, 3.05) is 37.0 Å². The van der Waals surface area contributed by atoms with Gasteiger partial charge in [0.05, 0.1) is 6.04 Å². The summed E-state index contributed by atoms with van der Waals surface area (Å²) in [6.45, 7) is 27.4. The normalized spacial score (nSPS) is 21.8. The van der Waals surface area contributed by atoms with Crippen molar-refractivity contribution in [3.8, 4) is 0 Å². The summed E-state index contributed by atoms with van der Waals surface area (Å²) >= 11 is 0. The minimum atomic E-state index is -0.370. The van der Waals surface area contributed by atoms with Gasteiger partial charge in [-0.25, -0.2) is 0 Å². The maximum absolute atomic E-state index is 9.41. The molecule has 0 radical (unpaired) electrons. The fourth-order valence-corrected chi connectivity index (χ4v) is 8.95. The molecule has 0 aliphatic carbocycles. The molecule has 11 nitrogen and oxygen atoms in total. The van der Waals surface area contributed by atoms with E-state index in [-0.39, 0.29) is 46.3 Å². The van der Waals surface area contributed by atoms with Crippen LogP contribution in [0.15, 0.2) is 0 Å². The SMILES string of the molecule is CCCCN(c1nc(C(N)CCC(N)CCC(CCC)=[N+]=[N-])nc(N(CCCC)C2CC(C)(C)N(C)C(C)(C)C2)n1)C1CC(C)(C)N(C)C(C)(C)C1. The lowest BCUT2D eigenvalue weighted by atomic mass is 9.77. The van der Waals surface area contributed by atoms with Gasteiger partial charge in [0.15, 0.2) is 5.82 Å². The van der Waals surface area contributed by atoms with E-state index >= 15 is 0 Å². The molecule has 2 unspecified atom stereocenters. The van der Waals surface area contributed by atoms with E-state index in [2.05, 4.69) is 115 Å². The first-order valence-corrected chi connectivity index (χ1v) is 20.7. The van der Waals surface area contributed by atoms with Crippen LogP contribution < -0.4 is 21.3 Å². The van der Waals surface area contributed by atoms with Crippen LogP contribution in [0.3, 0.4) is 0 Å². The summed E-state index contributed by atoms with van der Waals surface area (Å²) < 4.78 is 0. The number of hydrogen-bond acceptors (Lipinski definition) is 9. The Kier molecular flexibility index (Phi) is 15.7. The van der Waals surface area contributed by atoms with Crippen LogP contribution in [-0.4, -0.2) is 103 Å². The molecule has 0 aromatic carbocycles. The lowest BCUT2D eigenvalue weighted by Gasteiger charge is -2.56. The van der Waals surface area contributed by atoms with Crippen LogP contribution in [0.25, 0.3) is 5.53 Å². The van der Waals surface area contributed by atoms with Crippen LogP contribution in [0.1, 0.15) is 178 Å². The van der Waals surface area contributed by atoms with Crippen molar-refractivity contribution in [3.05, 3.63) is 11.4 Å². The first kappa shape index (κ1) is 44.2. The lowest BCUT2D eigenvalue weighted by Crippen LogP contribution is -2.63. The van der Waals surface area contributed by atoms with Crippen LogP contribution in [0.5, 0.6) is 0 Å². The van der Waals surface area contributed by atoms with Gasteiger partial charge in [0.25, 0.3) is 5.71 Å². The number of anilines is 2. The molecule has 2 saturated heterocycles. The van der Waals surface area contributed by atoms with Crippen LogP contribution in [0.4, 0.5) is 11.9 Å². The molecule has 52 heavy (non-hydrogen) atoms. The highest BCUT2D eigenvalue weighted by Gasteiger charge is 2.47. The minimum Gasteiger partial charge on any atom is -0.362 e. The lowest BCUT2D eigenvalue weighted by molar-refractivity contribution is -0.0132. The van der Waals surface area contributed by atoms with E-state index in [0.717, 1.165) is 108 Å². The molecular formula is C41H79N11. The maximum atomic E-state index is 9.41. The van der Waals surface area contributed by atoms with Gasteiger partial charge in [-0.05, 0) is 134 Å². The van der Waals surface area contributed by atoms with Crippen molar-refractivity contribution in [2.45, 2.75) is 212 Å². The highest BCUT2D eigenvalue weighted by Crippen LogP contribution is 2.42. The first-order chi connectivity index (χ1) is 24.2. The van der Waals surface area contributed by atoms with Crippen LogP contribution in [0, 0.1) is 0 Å². The van der Waals surface area contributed by atoms with Crippen LogP contribution >= 0.6 is 0 Å². The van der Waals surface area contributed by atoms with Gasteiger partial charge in [-0.3, -0.25) is 9.80 Å². The molecule has 3 heterocycles. The molecule has 1 aromatic rings. The van der Waals surface area contributed by atoms with Crippen LogP contribution in [0.2, 0.25) is 0 Å². The summed E-state index contributed by atoms with van der Waals surface area (Å²) in [4.78, 5) is 29.6. The number of unbranched alkanes of at least 4 members (excludes halogenated alkanes) is 2. The molecule has 0 spiro atoms. The zero-order valence-corrected chi connectivity index (χ0v) is 35.8. The van der Waals surface area contributed by atoms with Crippen molar-refractivity contribution >= 4 is 17.6 Å². The second kappa shape index (κ2) is 18.4. The molecule has 2 fully saturated rings. The van der Waals surface area contributed by atoms with Gasteiger partial charge in [-0.1, -0.05) is 33.6 Å². The van der Waals surface area contributed by atoms with Crippen molar-refractivity contribution in [2.24, 2.45) is 11.5 Å². The Morgan fingerprint density at radius 3 is 1.48 bits per heavy atom. The predicted molar refractivity (Wildman–Crippen MR) is 219 cm³/mol. The van der Waals surface area contributed by atoms with Gasteiger partial charge in [-0.2, -0.15) is 19.7 Å². The Bertz CT molecular complexity index is 1210. The number of nitrogens with zero attached hydrogens (tertiary/aromatic N) is 9. The van der Waals surface area contributed by atoms with Crippen LogP contribution in [-0.2, 0) is 0 Å². The number of aromatic nitrogens is 3. The minimum absolute atomic E-state index is 0.0261. The largest absolute Gasteiger partial charge is 0.362 e. The zero-order valence-electron chi connectivity index (χ0n) is 35.8. The van der Waals surface area contributed by atoms with Crippen molar-refractivity contribution < 1.29 is 4.79 Å². The molecule has 2 aliphatic rings. The molecule has 0 amide bonds. The molecule has 1 aromatic heterocycles. The number of piperidine rings is 2. The smallest absolute Gasteiger partial charge is 0.268 e. The molecular weight excluding hydrogens is 647 g/mol. The molecule has 2 atom stereocenters.